The normalized spacial score (nSPS) is 15.1. The predicted octanol–water partition coefficient (Wildman–Crippen LogP) is 6.51. The number of hydrogen-bond acceptors (Lipinski definition) is 2. The van der Waals surface area contributed by atoms with E-state index >= 15 is 0 Å². The second-order valence-corrected chi connectivity index (χ2v) is 6.73. The maximum atomic E-state index is 3.28. The summed E-state index contributed by atoms with van der Waals surface area (Å²) in [6.07, 6.45) is 6.99. The molecule has 2 aliphatic heterocycles. The van der Waals surface area contributed by atoms with Crippen LogP contribution in [0.5, 0.6) is 0 Å². The van der Waals surface area contributed by atoms with E-state index in [1.807, 2.05) is 27.7 Å². The molecule has 2 nitrogen and oxygen atoms in total. The number of hydrogen-bond donors (Lipinski definition) is 2. The molecule has 0 unspecified atom stereocenters. The highest BCUT2D eigenvalue weighted by Crippen LogP contribution is 1.96. The summed E-state index contributed by atoms with van der Waals surface area (Å²) in [5, 5.41) is 6.51. The molecule has 146 valence electrons. The summed E-state index contributed by atoms with van der Waals surface area (Å²) in [4.78, 5) is 0. The molecule has 2 heterocycles. The summed E-state index contributed by atoms with van der Waals surface area (Å²) in [6, 6.07) is 0. The van der Waals surface area contributed by atoms with Crippen molar-refractivity contribution in [3.63, 3.8) is 0 Å². The van der Waals surface area contributed by atoms with Crippen LogP contribution < -0.4 is 10.6 Å². The zero-order valence-electron chi connectivity index (χ0n) is 18.5. The lowest BCUT2D eigenvalue weighted by Crippen LogP contribution is -2.21. The van der Waals surface area contributed by atoms with E-state index < -0.39 is 0 Å². The van der Waals surface area contributed by atoms with Gasteiger partial charge in [-0.05, 0) is 63.7 Å². The molecule has 0 radical (unpaired) electrons. The molecule has 0 spiro atoms. The van der Waals surface area contributed by atoms with Crippen LogP contribution in [0.1, 0.15) is 101 Å². The fraction of sp³-hybridized carbons (Fsp3) is 1.00. The van der Waals surface area contributed by atoms with Crippen LogP contribution in [0.3, 0.4) is 0 Å². The Morgan fingerprint density at radius 2 is 0.609 bits per heavy atom. The SMILES string of the molecule is C1CCNC1.C1CCNCC1.CC.CC.CC(C)C.CC(C)C. The van der Waals surface area contributed by atoms with Crippen molar-refractivity contribution in [2.45, 2.75) is 101 Å². The zero-order valence-corrected chi connectivity index (χ0v) is 18.5. The van der Waals surface area contributed by atoms with Crippen molar-refractivity contribution in [3.8, 4) is 0 Å². The second-order valence-electron chi connectivity index (χ2n) is 6.73. The number of rotatable bonds is 0. The van der Waals surface area contributed by atoms with Gasteiger partial charge in [-0.1, -0.05) is 75.7 Å². The van der Waals surface area contributed by atoms with E-state index in [2.05, 4.69) is 52.2 Å². The molecule has 0 aliphatic carbocycles. The van der Waals surface area contributed by atoms with Crippen molar-refractivity contribution < 1.29 is 0 Å². The van der Waals surface area contributed by atoms with Crippen LogP contribution >= 0.6 is 0 Å². The van der Waals surface area contributed by atoms with E-state index in [0.29, 0.717) is 0 Å². The van der Waals surface area contributed by atoms with Gasteiger partial charge in [0, 0.05) is 0 Å². The van der Waals surface area contributed by atoms with Gasteiger partial charge in [0.25, 0.3) is 0 Å². The minimum atomic E-state index is 0.833. The lowest BCUT2D eigenvalue weighted by Gasteiger charge is -2.08. The molecule has 2 fully saturated rings. The van der Waals surface area contributed by atoms with E-state index in [9.17, 15) is 0 Å². The minimum absolute atomic E-state index is 0.833. The van der Waals surface area contributed by atoms with Crippen molar-refractivity contribution >= 4 is 0 Å². The van der Waals surface area contributed by atoms with E-state index in [-0.39, 0.29) is 0 Å². The van der Waals surface area contributed by atoms with Gasteiger partial charge in [-0.25, -0.2) is 0 Å². The lowest BCUT2D eigenvalue weighted by atomic mass is 10.2. The quantitative estimate of drug-likeness (QED) is 0.528. The molecule has 2 heteroatoms. The molecule has 2 aliphatic rings. The molecule has 0 aromatic rings. The summed E-state index contributed by atoms with van der Waals surface area (Å²) < 4.78 is 0. The molecule has 2 saturated heterocycles. The summed E-state index contributed by atoms with van der Waals surface area (Å²) >= 11 is 0. The summed E-state index contributed by atoms with van der Waals surface area (Å²) in [7, 11) is 0. The van der Waals surface area contributed by atoms with Crippen LogP contribution in [0.25, 0.3) is 0 Å². The minimum Gasteiger partial charge on any atom is -0.317 e. The van der Waals surface area contributed by atoms with Gasteiger partial charge in [0.05, 0.1) is 0 Å². The van der Waals surface area contributed by atoms with Crippen LogP contribution in [-0.4, -0.2) is 26.2 Å². The van der Waals surface area contributed by atoms with Gasteiger partial charge in [0.1, 0.15) is 0 Å². The van der Waals surface area contributed by atoms with Crippen LogP contribution in [-0.2, 0) is 0 Å². The first-order valence-corrected chi connectivity index (χ1v) is 10.4. The highest BCUT2D eigenvalue weighted by atomic mass is 14.9. The first-order valence-electron chi connectivity index (χ1n) is 10.4. The van der Waals surface area contributed by atoms with Gasteiger partial charge in [-0.2, -0.15) is 0 Å². The third-order valence-corrected chi connectivity index (χ3v) is 2.16. The third-order valence-electron chi connectivity index (χ3n) is 2.16. The van der Waals surface area contributed by atoms with Gasteiger partial charge in [-0.15, -0.1) is 0 Å². The van der Waals surface area contributed by atoms with E-state index in [4.69, 9.17) is 0 Å². The molecule has 0 saturated carbocycles. The molecule has 0 bridgehead atoms. The van der Waals surface area contributed by atoms with Gasteiger partial charge in [0.2, 0.25) is 0 Å². The van der Waals surface area contributed by atoms with Crippen LogP contribution in [0, 0.1) is 11.8 Å². The monoisotopic (exact) mass is 332 g/mol. The molecule has 0 aromatic carbocycles. The predicted molar refractivity (Wildman–Crippen MR) is 113 cm³/mol. The maximum absolute atomic E-state index is 3.28. The number of piperidine rings is 1. The van der Waals surface area contributed by atoms with Crippen LogP contribution in [0.4, 0.5) is 0 Å². The molecule has 0 aromatic heterocycles. The lowest BCUT2D eigenvalue weighted by molar-refractivity contribution is 0.520. The fourth-order valence-electron chi connectivity index (χ4n) is 1.43. The Kier molecular flexibility index (Phi) is 44.8. The van der Waals surface area contributed by atoms with Crippen molar-refractivity contribution in [2.75, 3.05) is 26.2 Å². The standard InChI is InChI=1S/C5H11N.C4H9N.2C4H10.2C2H6/c1-2-4-6-5-3-1;1-2-4-5-3-1;2*1-4(2)3;2*1-2/h6H,1-5H2;5H,1-4H2;2*4H,1-3H3;2*1-2H3. The number of nitrogens with one attached hydrogen (secondary N) is 2. The van der Waals surface area contributed by atoms with Crippen molar-refractivity contribution in [1.82, 2.24) is 10.6 Å². The fourth-order valence-corrected chi connectivity index (χ4v) is 1.43. The molecule has 0 amide bonds. The van der Waals surface area contributed by atoms with Crippen molar-refractivity contribution in [2.24, 2.45) is 11.8 Å². The molecular formula is C21H52N2. The average Bonchev–Trinajstić information content (AvgIpc) is 3.11. The Bertz CT molecular complexity index is 106. The largest absolute Gasteiger partial charge is 0.317 e. The summed E-state index contributed by atoms with van der Waals surface area (Å²) in [5.74, 6) is 1.67. The topological polar surface area (TPSA) is 24.1 Å². The highest BCUT2D eigenvalue weighted by molar-refractivity contribution is 4.56. The Labute approximate surface area is 150 Å². The Morgan fingerprint density at radius 1 is 0.435 bits per heavy atom. The van der Waals surface area contributed by atoms with Crippen LogP contribution in [0.2, 0.25) is 0 Å². The van der Waals surface area contributed by atoms with Gasteiger partial charge >= 0.3 is 0 Å². The van der Waals surface area contributed by atoms with Gasteiger partial charge < -0.3 is 10.6 Å². The highest BCUT2D eigenvalue weighted by Gasteiger charge is 1.94. The van der Waals surface area contributed by atoms with Crippen LogP contribution in [0.15, 0.2) is 0 Å². The van der Waals surface area contributed by atoms with Crippen molar-refractivity contribution in [1.29, 1.82) is 0 Å². The van der Waals surface area contributed by atoms with Crippen molar-refractivity contribution in [3.05, 3.63) is 0 Å². The Hall–Kier alpha value is -0.0800. The van der Waals surface area contributed by atoms with E-state index in [0.717, 1.165) is 11.8 Å². The first kappa shape index (κ1) is 30.8. The molecule has 0 atom stereocenters. The van der Waals surface area contributed by atoms with Gasteiger partial charge in [0.15, 0.2) is 0 Å². The Balaban J connectivity index is -0.0000000990. The molecular weight excluding hydrogens is 280 g/mol. The average molecular weight is 333 g/mol. The molecule has 23 heavy (non-hydrogen) atoms. The molecule has 2 N–H and O–H groups in total. The summed E-state index contributed by atoms with van der Waals surface area (Å²) in [5.41, 5.74) is 0. The summed E-state index contributed by atoms with van der Waals surface area (Å²) in [6.45, 7) is 26.0. The van der Waals surface area contributed by atoms with Gasteiger partial charge in [-0.3, -0.25) is 0 Å². The third kappa shape index (κ3) is 72.9. The first-order chi connectivity index (χ1) is 11.0. The maximum Gasteiger partial charge on any atom is -0.00484 e. The second kappa shape index (κ2) is 33.5. The van der Waals surface area contributed by atoms with E-state index in [1.54, 1.807) is 0 Å². The zero-order chi connectivity index (χ0) is 18.9. The molecule has 2 rings (SSSR count). The smallest absolute Gasteiger partial charge is 0.00484 e. The van der Waals surface area contributed by atoms with E-state index in [1.165, 1.54) is 58.3 Å². The Morgan fingerprint density at radius 3 is 0.696 bits per heavy atom.